The summed E-state index contributed by atoms with van der Waals surface area (Å²) in [6, 6.07) is 0. The summed E-state index contributed by atoms with van der Waals surface area (Å²) in [6.07, 6.45) is 7.29. The second-order valence-corrected chi connectivity index (χ2v) is 7.89. The van der Waals surface area contributed by atoms with Gasteiger partial charge in [-0.15, -0.1) is 6.58 Å². The highest BCUT2D eigenvalue weighted by atomic mass is 32.3. The molecule has 0 amide bonds. The predicted molar refractivity (Wildman–Crippen MR) is 112 cm³/mol. The zero-order valence-electron chi connectivity index (χ0n) is 18.2. The first kappa shape index (κ1) is 30.6. The zero-order valence-corrected chi connectivity index (χ0v) is 19.1. The van der Waals surface area contributed by atoms with Crippen molar-refractivity contribution in [2.45, 2.75) is 97.4 Å². The molecule has 0 saturated carbocycles. The number of rotatable bonds is 16. The Hall–Kier alpha value is -0.590. The maximum atomic E-state index is 10.3. The van der Waals surface area contributed by atoms with E-state index in [1.807, 2.05) is 0 Å². The largest absolute Gasteiger partial charge is 0.397 e. The molecule has 0 aromatic rings. The third-order valence-electron chi connectivity index (χ3n) is 4.05. The summed E-state index contributed by atoms with van der Waals surface area (Å²) in [5.41, 5.74) is 0. The number of hydrogen-bond acceptors (Lipinski definition) is 8. The van der Waals surface area contributed by atoms with Crippen molar-refractivity contribution in [2.75, 3.05) is 13.2 Å². The number of ether oxygens (including phenoxy) is 1. The van der Waals surface area contributed by atoms with E-state index in [0.29, 0.717) is 0 Å². The fourth-order valence-corrected chi connectivity index (χ4v) is 2.95. The van der Waals surface area contributed by atoms with Gasteiger partial charge in [0.25, 0.3) is 0 Å². The molecule has 29 heavy (non-hydrogen) atoms. The number of aliphatic hydroxyl groups excluding tert-OH is 3. The average Bonchev–Trinajstić information content (AvgIpc) is 2.58. The van der Waals surface area contributed by atoms with Gasteiger partial charge >= 0.3 is 10.4 Å². The topological polar surface area (TPSA) is 137 Å². The van der Waals surface area contributed by atoms with Crippen LogP contribution in [0.1, 0.15) is 72.6 Å². The molecule has 9 nitrogen and oxygen atoms in total. The second kappa shape index (κ2) is 18.2. The summed E-state index contributed by atoms with van der Waals surface area (Å²) in [5, 5.41) is 26.9. The Morgan fingerprint density at radius 2 is 1.41 bits per heavy atom. The van der Waals surface area contributed by atoms with E-state index in [1.165, 1.54) is 57.8 Å². The first-order valence-corrected chi connectivity index (χ1v) is 11.5. The van der Waals surface area contributed by atoms with Crippen molar-refractivity contribution < 1.29 is 37.2 Å². The highest BCUT2D eigenvalue weighted by Gasteiger charge is 2.20. The van der Waals surface area contributed by atoms with E-state index in [2.05, 4.69) is 17.7 Å². The van der Waals surface area contributed by atoms with Crippen LogP contribution < -0.4 is 0 Å². The summed E-state index contributed by atoms with van der Waals surface area (Å²) in [7, 11) is -4.36. The highest BCUT2D eigenvalue weighted by Crippen LogP contribution is 2.11. The third kappa shape index (κ3) is 20.5. The fourth-order valence-electron chi connectivity index (χ4n) is 2.67. The molecule has 0 radical (unpaired) electrons. The molecule has 0 spiro atoms. The number of hydrogen-bond donors (Lipinski definition) is 4. The Morgan fingerprint density at radius 1 is 0.931 bits per heavy atom. The summed E-state index contributed by atoms with van der Waals surface area (Å²) in [6.45, 7) is 10.3. The molecule has 0 heterocycles. The smallest absolute Gasteiger partial charge is 0.379 e. The first-order valence-electron chi connectivity index (χ1n) is 10.1. The van der Waals surface area contributed by atoms with Gasteiger partial charge in [-0.25, -0.2) is 9.08 Å². The minimum atomic E-state index is -4.36. The van der Waals surface area contributed by atoms with Gasteiger partial charge in [0.15, 0.2) is 0 Å². The molecule has 176 valence electrons. The lowest BCUT2D eigenvalue weighted by Crippen LogP contribution is -2.45. The molecule has 0 fully saturated rings. The lowest BCUT2D eigenvalue weighted by atomic mass is 10.1. The van der Waals surface area contributed by atoms with Crippen LogP contribution in [0.4, 0.5) is 0 Å². The Bertz CT molecular complexity index is 464. The Kier molecular flexibility index (Phi) is 19.2. The minimum absolute atomic E-state index is 0.0869. The molecule has 0 bridgehead atoms. The van der Waals surface area contributed by atoms with E-state index < -0.39 is 29.1 Å². The summed E-state index contributed by atoms with van der Waals surface area (Å²) >= 11 is 0. The van der Waals surface area contributed by atoms with Crippen molar-refractivity contribution in [3.05, 3.63) is 12.7 Å². The number of nitrogens with zero attached hydrogens (tertiary/aromatic N) is 1. The molecule has 0 aromatic heterocycles. The van der Waals surface area contributed by atoms with Crippen LogP contribution in [0, 0.1) is 0 Å². The van der Waals surface area contributed by atoms with E-state index in [4.69, 9.17) is 24.6 Å². The van der Waals surface area contributed by atoms with Crippen LogP contribution in [-0.4, -0.2) is 71.2 Å². The van der Waals surface area contributed by atoms with Crippen molar-refractivity contribution in [1.29, 1.82) is 0 Å². The minimum Gasteiger partial charge on any atom is -0.379 e. The zero-order chi connectivity index (χ0) is 22.9. The average molecular weight is 444 g/mol. The highest BCUT2D eigenvalue weighted by molar-refractivity contribution is 7.80. The molecule has 0 aliphatic rings. The predicted octanol–water partition coefficient (Wildman–Crippen LogP) is 2.43. The van der Waals surface area contributed by atoms with Crippen LogP contribution in [0.2, 0.25) is 0 Å². The summed E-state index contributed by atoms with van der Waals surface area (Å²) in [4.78, 5) is 1.17. The van der Waals surface area contributed by atoms with Crippen molar-refractivity contribution in [1.82, 2.24) is 4.90 Å². The van der Waals surface area contributed by atoms with Gasteiger partial charge < -0.3 is 20.1 Å². The van der Waals surface area contributed by atoms with E-state index >= 15 is 0 Å². The van der Waals surface area contributed by atoms with Crippen LogP contribution in [0.25, 0.3) is 0 Å². The van der Waals surface area contributed by atoms with Gasteiger partial charge in [-0.1, -0.05) is 51.5 Å². The summed E-state index contributed by atoms with van der Waals surface area (Å²) in [5.74, 6) is 0. The molecular weight excluding hydrogens is 402 g/mol. The summed E-state index contributed by atoms with van der Waals surface area (Å²) < 4.78 is 38.5. The molecule has 4 unspecified atom stereocenters. The Balaban J connectivity index is 0. The van der Waals surface area contributed by atoms with Gasteiger partial charge in [0, 0.05) is 0 Å². The molecule has 0 aliphatic heterocycles. The lowest BCUT2D eigenvalue weighted by molar-refractivity contribution is -0.159. The van der Waals surface area contributed by atoms with Gasteiger partial charge in [-0.05, 0) is 27.2 Å². The van der Waals surface area contributed by atoms with Gasteiger partial charge in [0.2, 0.25) is 0 Å². The monoisotopic (exact) mass is 443 g/mol. The van der Waals surface area contributed by atoms with Crippen LogP contribution >= 0.6 is 0 Å². The van der Waals surface area contributed by atoms with E-state index in [0.717, 1.165) is 12.8 Å². The van der Waals surface area contributed by atoms with Crippen molar-refractivity contribution in [2.24, 2.45) is 0 Å². The molecule has 0 aromatic carbocycles. The van der Waals surface area contributed by atoms with Crippen molar-refractivity contribution in [3.63, 3.8) is 0 Å². The SMILES string of the molecule is C=CC(CCCCCCCC)OCCOS(=O)(=O)O.CC(O)N(C(C)O)C(C)O. The van der Waals surface area contributed by atoms with Crippen LogP contribution in [0.15, 0.2) is 12.7 Å². The molecule has 10 heteroatoms. The lowest BCUT2D eigenvalue weighted by Gasteiger charge is -2.30. The maximum absolute atomic E-state index is 10.3. The van der Waals surface area contributed by atoms with Crippen molar-refractivity contribution in [3.8, 4) is 0 Å². The Labute approximate surface area is 176 Å². The number of unbranched alkanes of at least 4 members (excludes halogenated alkanes) is 5. The molecule has 0 saturated heterocycles. The molecule has 4 atom stereocenters. The quantitative estimate of drug-likeness (QED) is 0.123. The first-order chi connectivity index (χ1) is 13.5. The van der Waals surface area contributed by atoms with E-state index in [9.17, 15) is 8.42 Å². The third-order valence-corrected chi connectivity index (χ3v) is 4.51. The Morgan fingerprint density at radius 3 is 1.79 bits per heavy atom. The maximum Gasteiger partial charge on any atom is 0.397 e. The van der Waals surface area contributed by atoms with Crippen LogP contribution in [-0.2, 0) is 19.3 Å². The van der Waals surface area contributed by atoms with Crippen LogP contribution in [0.5, 0.6) is 0 Å². The normalized spacial score (nSPS) is 15.9. The van der Waals surface area contributed by atoms with Crippen molar-refractivity contribution >= 4 is 10.4 Å². The number of aliphatic hydroxyl groups is 3. The fraction of sp³-hybridized carbons (Fsp3) is 0.895. The van der Waals surface area contributed by atoms with Gasteiger partial charge in [0.1, 0.15) is 18.7 Å². The second-order valence-electron chi connectivity index (χ2n) is 6.79. The molecule has 0 aliphatic carbocycles. The standard InChI is InChI=1S/C13H26O5S.C6H15NO3/c1-3-5-6-7-8-9-10-13(4-2)17-11-12-18-19(14,15)16;1-4(8)7(5(2)9)6(3)10/h4,13H,2-3,5-12H2,1H3,(H,14,15,16);4-6,8-10H,1-3H3. The van der Waals surface area contributed by atoms with Gasteiger partial charge in [-0.2, -0.15) is 8.42 Å². The van der Waals surface area contributed by atoms with Gasteiger partial charge in [0.05, 0.1) is 19.3 Å². The molecule has 0 rings (SSSR count). The molecular formula is C19H41NO8S. The van der Waals surface area contributed by atoms with E-state index in [-0.39, 0.29) is 19.3 Å². The molecule has 4 N–H and O–H groups in total. The van der Waals surface area contributed by atoms with E-state index in [1.54, 1.807) is 6.08 Å². The van der Waals surface area contributed by atoms with Crippen LogP contribution in [0.3, 0.4) is 0 Å². The van der Waals surface area contributed by atoms with Gasteiger partial charge in [-0.3, -0.25) is 4.55 Å².